The van der Waals surface area contributed by atoms with E-state index >= 15 is 0 Å². The van der Waals surface area contributed by atoms with Crippen molar-refractivity contribution < 1.29 is 9.47 Å². The number of aromatic nitrogens is 2. The van der Waals surface area contributed by atoms with Gasteiger partial charge in [-0.15, -0.1) is 0 Å². The molecule has 86 valence electrons. The first-order chi connectivity index (χ1) is 7.24. The van der Waals surface area contributed by atoms with Gasteiger partial charge in [-0.25, -0.2) is 0 Å². The number of anilines is 1. The van der Waals surface area contributed by atoms with Gasteiger partial charge in [-0.1, -0.05) is 11.6 Å². The minimum absolute atomic E-state index is 0.372. The van der Waals surface area contributed by atoms with Gasteiger partial charge in [-0.3, -0.25) is 4.68 Å². The van der Waals surface area contributed by atoms with Gasteiger partial charge in [-0.05, 0) is 6.42 Å². The Hall–Kier alpha value is -0.780. The molecule has 1 aromatic heterocycles. The highest BCUT2D eigenvalue weighted by Gasteiger charge is 2.01. The molecule has 6 heteroatoms. The summed E-state index contributed by atoms with van der Waals surface area (Å²) in [4.78, 5) is 0. The molecule has 0 saturated heterocycles. The van der Waals surface area contributed by atoms with Crippen LogP contribution in [0.25, 0.3) is 0 Å². The highest BCUT2D eigenvalue weighted by atomic mass is 35.5. The lowest BCUT2D eigenvalue weighted by molar-refractivity contribution is 0.0677. The quantitative estimate of drug-likeness (QED) is 0.719. The number of halogens is 1. The number of aryl methyl sites for hydroxylation is 1. The first kappa shape index (κ1) is 12.3. The number of methoxy groups -OCH3 is 1. The van der Waals surface area contributed by atoms with E-state index in [0.29, 0.717) is 30.7 Å². The van der Waals surface area contributed by atoms with Crippen LogP contribution in [0.2, 0.25) is 5.02 Å². The van der Waals surface area contributed by atoms with Crippen molar-refractivity contribution in [2.75, 3.05) is 32.7 Å². The van der Waals surface area contributed by atoms with Crippen molar-refractivity contribution in [3.05, 3.63) is 11.2 Å². The van der Waals surface area contributed by atoms with E-state index in [9.17, 15) is 0 Å². The lowest BCUT2D eigenvalue weighted by Crippen LogP contribution is -2.06. The van der Waals surface area contributed by atoms with Crippen molar-refractivity contribution in [1.82, 2.24) is 9.78 Å². The number of rotatable bonds is 7. The summed E-state index contributed by atoms with van der Waals surface area (Å²) in [6, 6.07) is 0. The predicted molar refractivity (Wildman–Crippen MR) is 59.0 cm³/mol. The highest BCUT2D eigenvalue weighted by Crippen LogP contribution is 2.15. The average Bonchev–Trinajstić information content (AvgIpc) is 2.52. The molecule has 1 rings (SSSR count). The molecule has 0 fully saturated rings. The van der Waals surface area contributed by atoms with Crippen LogP contribution in [0.1, 0.15) is 6.42 Å². The number of hydrogen-bond donors (Lipinski definition) is 1. The van der Waals surface area contributed by atoms with Crippen molar-refractivity contribution in [1.29, 1.82) is 0 Å². The Kier molecular flexibility index (Phi) is 5.45. The zero-order valence-electron chi connectivity index (χ0n) is 8.78. The molecular weight excluding hydrogens is 218 g/mol. The SMILES string of the molecule is COCCOCCCn1cc(Cl)c(N)n1. The molecule has 0 unspecified atom stereocenters. The van der Waals surface area contributed by atoms with E-state index in [1.54, 1.807) is 18.0 Å². The maximum Gasteiger partial charge on any atom is 0.164 e. The Labute approximate surface area is 94.1 Å². The summed E-state index contributed by atoms with van der Waals surface area (Å²) in [6.07, 6.45) is 2.59. The first-order valence-electron chi connectivity index (χ1n) is 4.79. The molecule has 0 radical (unpaired) electrons. The van der Waals surface area contributed by atoms with Crippen LogP contribution in [0, 0.1) is 0 Å². The number of nitrogen functional groups attached to an aromatic ring is 1. The van der Waals surface area contributed by atoms with Gasteiger partial charge in [0.1, 0.15) is 5.02 Å². The predicted octanol–water partition coefficient (Wildman–Crippen LogP) is 1.17. The average molecular weight is 234 g/mol. The Balaban J connectivity index is 2.10. The standard InChI is InChI=1S/C9H16ClN3O2/c1-14-5-6-15-4-2-3-13-7-8(10)9(11)12-13/h7H,2-6H2,1H3,(H2,11,12). The third kappa shape index (κ3) is 4.51. The van der Waals surface area contributed by atoms with E-state index in [-0.39, 0.29) is 0 Å². The summed E-state index contributed by atoms with van der Waals surface area (Å²) in [5.74, 6) is 0.372. The van der Waals surface area contributed by atoms with Crippen LogP contribution in [0.5, 0.6) is 0 Å². The van der Waals surface area contributed by atoms with E-state index in [1.807, 2.05) is 0 Å². The lowest BCUT2D eigenvalue weighted by atomic mass is 10.4. The van der Waals surface area contributed by atoms with Crippen LogP contribution in [-0.4, -0.2) is 36.7 Å². The number of hydrogen-bond acceptors (Lipinski definition) is 4. The van der Waals surface area contributed by atoms with Crippen molar-refractivity contribution in [3.8, 4) is 0 Å². The van der Waals surface area contributed by atoms with E-state index in [2.05, 4.69) is 5.10 Å². The highest BCUT2D eigenvalue weighted by molar-refractivity contribution is 6.32. The molecule has 2 N–H and O–H groups in total. The molecular formula is C9H16ClN3O2. The fourth-order valence-electron chi connectivity index (χ4n) is 1.10. The van der Waals surface area contributed by atoms with Crippen LogP contribution >= 0.6 is 11.6 Å². The van der Waals surface area contributed by atoms with Crippen LogP contribution in [0.4, 0.5) is 5.82 Å². The maximum absolute atomic E-state index is 5.75. The normalized spacial score (nSPS) is 10.8. The molecule has 1 heterocycles. The van der Waals surface area contributed by atoms with Gasteiger partial charge in [0.05, 0.1) is 13.2 Å². The molecule has 5 nitrogen and oxygen atoms in total. The van der Waals surface area contributed by atoms with Crippen molar-refractivity contribution in [2.24, 2.45) is 0 Å². The summed E-state index contributed by atoms with van der Waals surface area (Å²) in [6.45, 7) is 2.68. The second kappa shape index (κ2) is 6.66. The molecule has 0 aliphatic rings. The third-order valence-electron chi connectivity index (χ3n) is 1.85. The van der Waals surface area contributed by atoms with E-state index in [1.165, 1.54) is 0 Å². The van der Waals surface area contributed by atoms with Gasteiger partial charge in [0, 0.05) is 26.5 Å². The lowest BCUT2D eigenvalue weighted by Gasteiger charge is -2.03. The van der Waals surface area contributed by atoms with Gasteiger partial charge >= 0.3 is 0 Å². The topological polar surface area (TPSA) is 62.3 Å². The minimum Gasteiger partial charge on any atom is -0.382 e. The molecule has 1 aromatic rings. The summed E-state index contributed by atoms with van der Waals surface area (Å²) in [5.41, 5.74) is 5.50. The Morgan fingerprint density at radius 2 is 2.27 bits per heavy atom. The second-order valence-electron chi connectivity index (χ2n) is 3.08. The summed E-state index contributed by atoms with van der Waals surface area (Å²) < 4.78 is 11.9. The third-order valence-corrected chi connectivity index (χ3v) is 2.14. The van der Waals surface area contributed by atoms with Crippen molar-refractivity contribution in [2.45, 2.75) is 13.0 Å². The monoisotopic (exact) mass is 233 g/mol. The molecule has 0 aliphatic carbocycles. The zero-order valence-corrected chi connectivity index (χ0v) is 9.54. The first-order valence-corrected chi connectivity index (χ1v) is 5.17. The molecule has 0 saturated carbocycles. The number of nitrogens with zero attached hydrogens (tertiary/aromatic N) is 2. The Morgan fingerprint density at radius 1 is 1.47 bits per heavy atom. The summed E-state index contributed by atoms with van der Waals surface area (Å²) in [5, 5.41) is 4.52. The van der Waals surface area contributed by atoms with Gasteiger partial charge in [0.2, 0.25) is 0 Å². The van der Waals surface area contributed by atoms with Gasteiger partial charge in [0.15, 0.2) is 5.82 Å². The second-order valence-corrected chi connectivity index (χ2v) is 3.49. The van der Waals surface area contributed by atoms with Crippen LogP contribution < -0.4 is 5.73 Å². The van der Waals surface area contributed by atoms with Crippen molar-refractivity contribution >= 4 is 17.4 Å². The number of ether oxygens (including phenoxy) is 2. The fourth-order valence-corrected chi connectivity index (χ4v) is 1.25. The van der Waals surface area contributed by atoms with Gasteiger partial charge in [0.25, 0.3) is 0 Å². The van der Waals surface area contributed by atoms with E-state index in [4.69, 9.17) is 26.8 Å². The van der Waals surface area contributed by atoms with E-state index < -0.39 is 0 Å². The van der Waals surface area contributed by atoms with Crippen LogP contribution in [-0.2, 0) is 16.0 Å². The molecule has 0 atom stereocenters. The molecule has 15 heavy (non-hydrogen) atoms. The summed E-state index contributed by atoms with van der Waals surface area (Å²) >= 11 is 5.75. The van der Waals surface area contributed by atoms with E-state index in [0.717, 1.165) is 13.0 Å². The van der Waals surface area contributed by atoms with Gasteiger partial charge in [-0.2, -0.15) is 5.10 Å². The Morgan fingerprint density at radius 3 is 2.87 bits per heavy atom. The zero-order chi connectivity index (χ0) is 11.1. The van der Waals surface area contributed by atoms with Crippen LogP contribution in [0.3, 0.4) is 0 Å². The molecule has 0 bridgehead atoms. The minimum atomic E-state index is 0.372. The largest absolute Gasteiger partial charge is 0.382 e. The van der Waals surface area contributed by atoms with Crippen molar-refractivity contribution in [3.63, 3.8) is 0 Å². The molecule has 0 aromatic carbocycles. The molecule has 0 aliphatic heterocycles. The Bertz CT molecular complexity index is 271. The smallest absolute Gasteiger partial charge is 0.164 e. The number of nitrogens with two attached hydrogens (primary N) is 1. The molecule has 0 spiro atoms. The molecule has 0 amide bonds. The van der Waals surface area contributed by atoms with Crippen LogP contribution in [0.15, 0.2) is 6.20 Å². The van der Waals surface area contributed by atoms with Gasteiger partial charge < -0.3 is 15.2 Å². The maximum atomic E-state index is 5.75. The fraction of sp³-hybridized carbons (Fsp3) is 0.667. The summed E-state index contributed by atoms with van der Waals surface area (Å²) in [7, 11) is 1.65.